The summed E-state index contributed by atoms with van der Waals surface area (Å²) in [5.41, 5.74) is 2.78. The quantitative estimate of drug-likeness (QED) is 0.442. The first-order valence-electron chi connectivity index (χ1n) is 9.17. The average molecular weight is 415 g/mol. The van der Waals surface area contributed by atoms with Gasteiger partial charge in [-0.2, -0.15) is 0 Å². The third kappa shape index (κ3) is 4.80. The number of non-ortho nitro benzene ring substituents is 1. The van der Waals surface area contributed by atoms with Crippen LogP contribution in [-0.2, 0) is 21.2 Å². The first-order valence-corrected chi connectivity index (χ1v) is 10.8. The average Bonchev–Trinajstić information content (AvgIpc) is 2.72. The number of hydrogen-bond acceptors (Lipinski definition) is 5. The van der Waals surface area contributed by atoms with E-state index in [0.29, 0.717) is 23.5 Å². The lowest BCUT2D eigenvalue weighted by Gasteiger charge is -2.30. The highest BCUT2D eigenvalue weighted by Crippen LogP contribution is 2.31. The van der Waals surface area contributed by atoms with Crippen LogP contribution < -0.4 is 9.62 Å². The molecule has 0 saturated heterocycles. The number of nitrogens with one attached hydrogen (secondary N) is 1. The van der Waals surface area contributed by atoms with Crippen LogP contribution in [0.15, 0.2) is 48.5 Å². The summed E-state index contributed by atoms with van der Waals surface area (Å²) in [4.78, 5) is 22.4. The number of nitro benzene ring substituents is 1. The number of carbonyl (C=O) groups is 1. The second-order valence-electron chi connectivity index (χ2n) is 6.59. The fourth-order valence-electron chi connectivity index (χ4n) is 3.15. The van der Waals surface area contributed by atoms with E-state index < -0.39 is 14.9 Å². The smallest absolute Gasteiger partial charge is 0.269 e. The van der Waals surface area contributed by atoms with Gasteiger partial charge in [-0.05, 0) is 67.3 Å². The van der Waals surface area contributed by atoms with Gasteiger partial charge in [0, 0.05) is 30.4 Å². The highest BCUT2D eigenvalue weighted by molar-refractivity contribution is 7.92. The van der Waals surface area contributed by atoms with Gasteiger partial charge in [-0.3, -0.25) is 19.2 Å². The van der Waals surface area contributed by atoms with Crippen LogP contribution in [0.4, 0.5) is 17.1 Å². The summed E-state index contributed by atoms with van der Waals surface area (Å²) < 4.78 is 26.0. The summed E-state index contributed by atoms with van der Waals surface area (Å²) in [5, 5.41) is 13.4. The first-order chi connectivity index (χ1) is 13.8. The monoisotopic (exact) mass is 415 g/mol. The zero-order chi connectivity index (χ0) is 21.0. The van der Waals surface area contributed by atoms with Crippen LogP contribution in [0.5, 0.6) is 0 Å². The molecule has 0 saturated carbocycles. The SMILES string of the molecule is CCS(=O)(=O)N1CCCc2cc(NC(=O)/C=C/c3ccc([N+](=O)[O-])cc3)ccc21. The van der Waals surface area contributed by atoms with E-state index in [2.05, 4.69) is 5.32 Å². The van der Waals surface area contributed by atoms with Crippen LogP contribution in [0.2, 0.25) is 0 Å². The van der Waals surface area contributed by atoms with E-state index in [1.54, 1.807) is 43.3 Å². The molecule has 9 heteroatoms. The second kappa shape index (κ2) is 8.44. The van der Waals surface area contributed by atoms with Crippen molar-refractivity contribution >= 4 is 39.1 Å². The van der Waals surface area contributed by atoms with Gasteiger partial charge in [-0.25, -0.2) is 8.42 Å². The van der Waals surface area contributed by atoms with E-state index >= 15 is 0 Å². The molecule has 0 atom stereocenters. The van der Waals surface area contributed by atoms with Gasteiger partial charge in [0.1, 0.15) is 0 Å². The maximum Gasteiger partial charge on any atom is 0.269 e. The number of hydrogen-bond donors (Lipinski definition) is 1. The van der Waals surface area contributed by atoms with Crippen molar-refractivity contribution < 1.29 is 18.1 Å². The number of sulfonamides is 1. The number of rotatable bonds is 6. The number of nitrogens with zero attached hydrogens (tertiary/aromatic N) is 2. The van der Waals surface area contributed by atoms with Crippen LogP contribution in [0, 0.1) is 10.1 Å². The molecule has 1 heterocycles. The summed E-state index contributed by atoms with van der Waals surface area (Å²) >= 11 is 0. The largest absolute Gasteiger partial charge is 0.323 e. The van der Waals surface area contributed by atoms with Crippen LogP contribution in [-0.4, -0.2) is 31.5 Å². The first kappa shape index (κ1) is 20.5. The van der Waals surface area contributed by atoms with Crippen LogP contribution in [0.3, 0.4) is 0 Å². The van der Waals surface area contributed by atoms with E-state index in [1.807, 2.05) is 0 Å². The Labute approximate surface area is 169 Å². The van der Waals surface area contributed by atoms with E-state index in [-0.39, 0.29) is 17.3 Å². The van der Waals surface area contributed by atoms with Gasteiger partial charge in [0.2, 0.25) is 15.9 Å². The topological polar surface area (TPSA) is 110 Å². The predicted molar refractivity (Wildman–Crippen MR) is 112 cm³/mol. The molecule has 0 spiro atoms. The molecule has 1 aliphatic rings. The molecule has 0 fully saturated rings. The summed E-state index contributed by atoms with van der Waals surface area (Å²) in [6.07, 6.45) is 4.37. The Morgan fingerprint density at radius 1 is 1.24 bits per heavy atom. The van der Waals surface area contributed by atoms with Crippen molar-refractivity contribution in [2.75, 3.05) is 21.9 Å². The molecular formula is C20H21N3O5S. The molecule has 2 aromatic carbocycles. The van der Waals surface area contributed by atoms with Gasteiger partial charge in [0.15, 0.2) is 0 Å². The molecule has 29 heavy (non-hydrogen) atoms. The molecule has 0 aromatic heterocycles. The number of benzene rings is 2. The Bertz CT molecular complexity index is 1060. The van der Waals surface area contributed by atoms with Crippen molar-refractivity contribution in [3.05, 3.63) is 69.8 Å². The molecule has 1 N–H and O–H groups in total. The summed E-state index contributed by atoms with van der Waals surface area (Å²) in [5.74, 6) is -0.310. The molecule has 2 aromatic rings. The minimum atomic E-state index is -3.33. The van der Waals surface area contributed by atoms with Crippen LogP contribution in [0.1, 0.15) is 24.5 Å². The van der Waals surface area contributed by atoms with Crippen molar-refractivity contribution in [2.24, 2.45) is 0 Å². The summed E-state index contributed by atoms with van der Waals surface area (Å²) in [7, 11) is -3.33. The third-order valence-corrected chi connectivity index (χ3v) is 6.44. The van der Waals surface area contributed by atoms with E-state index in [9.17, 15) is 23.3 Å². The molecule has 3 rings (SSSR count). The summed E-state index contributed by atoms with van der Waals surface area (Å²) in [6, 6.07) is 11.1. The summed E-state index contributed by atoms with van der Waals surface area (Å²) in [6.45, 7) is 2.09. The van der Waals surface area contributed by atoms with Gasteiger partial charge in [0.25, 0.3) is 5.69 Å². The fraction of sp³-hybridized carbons (Fsp3) is 0.250. The molecule has 8 nitrogen and oxygen atoms in total. The molecule has 1 amide bonds. The maximum atomic E-state index is 12.3. The number of amides is 1. The molecule has 0 radical (unpaired) electrons. The van der Waals surface area contributed by atoms with Crippen molar-refractivity contribution in [2.45, 2.75) is 19.8 Å². The number of carbonyl (C=O) groups excluding carboxylic acids is 1. The lowest BCUT2D eigenvalue weighted by atomic mass is 10.0. The number of nitro groups is 1. The zero-order valence-corrected chi connectivity index (χ0v) is 16.7. The predicted octanol–water partition coefficient (Wildman–Crippen LogP) is 3.35. The van der Waals surface area contributed by atoms with Crippen molar-refractivity contribution in [1.29, 1.82) is 0 Å². The third-order valence-electron chi connectivity index (χ3n) is 4.65. The normalized spacial score (nSPS) is 13.9. The van der Waals surface area contributed by atoms with Crippen molar-refractivity contribution in [1.82, 2.24) is 0 Å². The lowest BCUT2D eigenvalue weighted by Crippen LogP contribution is -2.36. The molecule has 152 valence electrons. The van der Waals surface area contributed by atoms with E-state index in [1.165, 1.54) is 22.5 Å². The fourth-order valence-corrected chi connectivity index (χ4v) is 4.34. The zero-order valence-electron chi connectivity index (χ0n) is 15.9. The standard InChI is InChI=1S/C20H21N3O5S/c1-2-29(27,28)22-13-3-4-16-14-17(8-11-19(16)22)21-20(24)12-7-15-5-9-18(10-6-15)23(25)26/h5-12,14H,2-4,13H2,1H3,(H,21,24)/b12-7+. The van der Waals surface area contributed by atoms with E-state index in [4.69, 9.17) is 0 Å². The van der Waals surface area contributed by atoms with Crippen LogP contribution >= 0.6 is 0 Å². The van der Waals surface area contributed by atoms with Gasteiger partial charge in [0.05, 0.1) is 16.4 Å². The highest BCUT2D eigenvalue weighted by atomic mass is 32.2. The van der Waals surface area contributed by atoms with E-state index in [0.717, 1.165) is 18.4 Å². The Hall–Kier alpha value is -3.20. The number of aryl methyl sites for hydroxylation is 1. The van der Waals surface area contributed by atoms with Crippen molar-refractivity contribution in [3.63, 3.8) is 0 Å². The minimum Gasteiger partial charge on any atom is -0.323 e. The number of fused-ring (bicyclic) bond motifs is 1. The molecule has 0 aliphatic carbocycles. The second-order valence-corrected chi connectivity index (χ2v) is 8.77. The van der Waals surface area contributed by atoms with Gasteiger partial charge in [-0.1, -0.05) is 0 Å². The number of anilines is 2. The Morgan fingerprint density at radius 3 is 2.62 bits per heavy atom. The van der Waals surface area contributed by atoms with Gasteiger partial charge in [-0.15, -0.1) is 0 Å². The van der Waals surface area contributed by atoms with Gasteiger partial charge < -0.3 is 5.32 Å². The lowest BCUT2D eigenvalue weighted by molar-refractivity contribution is -0.384. The maximum absolute atomic E-state index is 12.3. The van der Waals surface area contributed by atoms with Crippen molar-refractivity contribution in [3.8, 4) is 0 Å². The molecule has 0 unspecified atom stereocenters. The minimum absolute atomic E-state index is 0.0141. The molecular weight excluding hydrogens is 394 g/mol. The molecule has 0 bridgehead atoms. The Balaban J connectivity index is 1.70. The highest BCUT2D eigenvalue weighted by Gasteiger charge is 2.26. The Kier molecular flexibility index (Phi) is 5.97. The Morgan fingerprint density at radius 2 is 1.97 bits per heavy atom. The van der Waals surface area contributed by atoms with Crippen LogP contribution in [0.25, 0.3) is 6.08 Å². The molecule has 1 aliphatic heterocycles. The van der Waals surface area contributed by atoms with Gasteiger partial charge >= 0.3 is 0 Å².